The van der Waals surface area contributed by atoms with Crippen LogP contribution >= 0.6 is 0 Å². The summed E-state index contributed by atoms with van der Waals surface area (Å²) in [6.07, 6.45) is 4.15. The lowest BCUT2D eigenvalue weighted by Crippen LogP contribution is -2.19. The third-order valence-electron chi connectivity index (χ3n) is 2.00. The molecule has 100 valence electrons. The number of aliphatic hydroxyl groups is 2. The van der Waals surface area contributed by atoms with Gasteiger partial charge in [0.05, 0.1) is 5.60 Å². The number of carbonyl (C=O) groups is 1. The van der Waals surface area contributed by atoms with Crippen molar-refractivity contribution >= 4 is 5.97 Å². The van der Waals surface area contributed by atoms with Gasteiger partial charge in [-0.05, 0) is 40.5 Å². The van der Waals surface area contributed by atoms with Crippen LogP contribution in [0.1, 0.15) is 40.5 Å². The molecule has 0 aromatic carbocycles. The molecule has 2 unspecified atom stereocenters. The first kappa shape index (κ1) is 18.2. The lowest BCUT2D eigenvalue weighted by atomic mass is 10.00. The van der Waals surface area contributed by atoms with Gasteiger partial charge < -0.3 is 15.3 Å². The zero-order chi connectivity index (χ0) is 14.1. The van der Waals surface area contributed by atoms with E-state index < -0.39 is 17.7 Å². The van der Waals surface area contributed by atoms with E-state index >= 15 is 0 Å². The van der Waals surface area contributed by atoms with Crippen LogP contribution in [-0.4, -0.2) is 33.0 Å². The lowest BCUT2D eigenvalue weighted by Gasteiger charge is -2.16. The second-order valence-electron chi connectivity index (χ2n) is 4.40. The van der Waals surface area contributed by atoms with E-state index in [1.807, 2.05) is 0 Å². The molecule has 0 saturated carbocycles. The van der Waals surface area contributed by atoms with Crippen LogP contribution in [0, 0.1) is 0 Å². The first-order valence-electron chi connectivity index (χ1n) is 5.52. The molecule has 0 aromatic rings. The summed E-state index contributed by atoms with van der Waals surface area (Å²) in [5.41, 5.74) is 0.594. The number of aliphatic hydroxyl groups excluding tert-OH is 1. The Hall–Kier alpha value is -1.13. The number of hydrogen-bond acceptors (Lipinski definition) is 3. The first-order chi connectivity index (χ1) is 7.62. The van der Waals surface area contributed by atoms with E-state index in [0.29, 0.717) is 0 Å². The maximum absolute atomic E-state index is 9.49. The highest BCUT2D eigenvalue weighted by Gasteiger charge is 2.12. The summed E-state index contributed by atoms with van der Waals surface area (Å²) in [6, 6.07) is 0. The predicted molar refractivity (Wildman–Crippen MR) is 68.8 cm³/mol. The molecule has 0 radical (unpaired) electrons. The molecule has 2 atom stereocenters. The van der Waals surface area contributed by atoms with Gasteiger partial charge in [-0.1, -0.05) is 17.7 Å². The van der Waals surface area contributed by atoms with Crippen LogP contribution in [0.25, 0.3) is 0 Å². The number of carboxylic acids is 1. The Morgan fingerprint density at radius 2 is 1.88 bits per heavy atom. The molecule has 0 amide bonds. The van der Waals surface area contributed by atoms with Gasteiger partial charge in [-0.15, -0.1) is 6.58 Å². The standard InChI is InChI=1S/C10H18O.C3H6O3/c1-5-10(4,11)8-6-7-9(2)3;1-2(4)3(5)6/h5,7,11H,1,6,8H2,2-4H3;2,4H,1H3,(H,5,6). The van der Waals surface area contributed by atoms with Crippen molar-refractivity contribution in [3.05, 3.63) is 24.3 Å². The number of aliphatic carboxylic acids is 1. The minimum Gasteiger partial charge on any atom is -0.479 e. The molecule has 0 spiro atoms. The first-order valence-corrected chi connectivity index (χ1v) is 5.52. The van der Waals surface area contributed by atoms with Gasteiger partial charge >= 0.3 is 5.97 Å². The molecule has 4 nitrogen and oxygen atoms in total. The molecule has 0 bridgehead atoms. The third-order valence-corrected chi connectivity index (χ3v) is 2.00. The average molecular weight is 244 g/mol. The molecule has 0 aliphatic rings. The number of hydrogen-bond donors (Lipinski definition) is 3. The van der Waals surface area contributed by atoms with E-state index in [-0.39, 0.29) is 0 Å². The molecule has 17 heavy (non-hydrogen) atoms. The zero-order valence-corrected chi connectivity index (χ0v) is 11.1. The van der Waals surface area contributed by atoms with E-state index in [1.165, 1.54) is 12.5 Å². The van der Waals surface area contributed by atoms with E-state index in [2.05, 4.69) is 26.5 Å². The van der Waals surface area contributed by atoms with Crippen LogP contribution < -0.4 is 0 Å². The molecule has 0 aliphatic carbocycles. The summed E-state index contributed by atoms with van der Waals surface area (Å²) in [4.78, 5) is 9.45. The number of carboxylic acid groups (broad SMARTS) is 1. The number of rotatable bonds is 5. The van der Waals surface area contributed by atoms with Crippen LogP contribution in [0.3, 0.4) is 0 Å². The molecule has 4 heteroatoms. The SMILES string of the molecule is C=CC(C)(O)CCC=C(C)C.CC(O)C(=O)O. The third kappa shape index (κ3) is 14.9. The van der Waals surface area contributed by atoms with E-state index in [0.717, 1.165) is 12.8 Å². The Balaban J connectivity index is 0. The van der Waals surface area contributed by atoms with E-state index in [1.54, 1.807) is 13.0 Å². The summed E-state index contributed by atoms with van der Waals surface area (Å²) in [5, 5.41) is 25.3. The summed E-state index contributed by atoms with van der Waals surface area (Å²) in [6.45, 7) is 10.6. The topological polar surface area (TPSA) is 77.8 Å². The molecule has 0 rings (SSSR count). The monoisotopic (exact) mass is 244 g/mol. The van der Waals surface area contributed by atoms with Crippen LogP contribution in [0.2, 0.25) is 0 Å². The molecule has 3 N–H and O–H groups in total. The van der Waals surface area contributed by atoms with Gasteiger partial charge in [-0.2, -0.15) is 0 Å². The van der Waals surface area contributed by atoms with E-state index in [9.17, 15) is 9.90 Å². The molecule has 0 saturated heterocycles. The minimum atomic E-state index is -1.23. The van der Waals surface area contributed by atoms with Crippen LogP contribution in [-0.2, 0) is 4.79 Å². The minimum absolute atomic E-state index is 0.702. The van der Waals surface area contributed by atoms with Crippen molar-refractivity contribution < 1.29 is 20.1 Å². The highest BCUT2D eigenvalue weighted by Crippen LogP contribution is 2.13. The Morgan fingerprint density at radius 3 is 2.12 bits per heavy atom. The van der Waals surface area contributed by atoms with Crippen molar-refractivity contribution in [3.63, 3.8) is 0 Å². The fourth-order valence-corrected chi connectivity index (χ4v) is 0.755. The second kappa shape index (κ2) is 8.96. The number of allylic oxidation sites excluding steroid dienone is 2. The van der Waals surface area contributed by atoms with Crippen molar-refractivity contribution in [2.24, 2.45) is 0 Å². The van der Waals surface area contributed by atoms with Crippen molar-refractivity contribution in [1.29, 1.82) is 0 Å². The molecule has 0 fully saturated rings. The Morgan fingerprint density at radius 1 is 1.47 bits per heavy atom. The summed E-state index contributed by atoms with van der Waals surface area (Å²) in [7, 11) is 0. The van der Waals surface area contributed by atoms with Crippen LogP contribution in [0.5, 0.6) is 0 Å². The lowest BCUT2D eigenvalue weighted by molar-refractivity contribution is -0.145. The zero-order valence-electron chi connectivity index (χ0n) is 11.1. The Labute approximate surface area is 103 Å². The van der Waals surface area contributed by atoms with Crippen molar-refractivity contribution in [2.45, 2.75) is 52.2 Å². The molecule has 0 aliphatic heterocycles. The second-order valence-corrected chi connectivity index (χ2v) is 4.40. The van der Waals surface area contributed by atoms with Gasteiger partial charge in [0.1, 0.15) is 6.10 Å². The van der Waals surface area contributed by atoms with Gasteiger partial charge in [-0.25, -0.2) is 4.79 Å². The van der Waals surface area contributed by atoms with Crippen molar-refractivity contribution in [3.8, 4) is 0 Å². The van der Waals surface area contributed by atoms with Gasteiger partial charge in [0.25, 0.3) is 0 Å². The maximum Gasteiger partial charge on any atom is 0.332 e. The van der Waals surface area contributed by atoms with Crippen LogP contribution in [0.15, 0.2) is 24.3 Å². The smallest absolute Gasteiger partial charge is 0.332 e. The quantitative estimate of drug-likeness (QED) is 0.647. The molecular formula is C13H24O4. The van der Waals surface area contributed by atoms with Gasteiger partial charge in [0, 0.05) is 0 Å². The fraction of sp³-hybridized carbons (Fsp3) is 0.615. The maximum atomic E-state index is 9.49. The molecular weight excluding hydrogens is 220 g/mol. The summed E-state index contributed by atoms with van der Waals surface area (Å²) < 4.78 is 0. The van der Waals surface area contributed by atoms with Crippen molar-refractivity contribution in [1.82, 2.24) is 0 Å². The largest absolute Gasteiger partial charge is 0.479 e. The fourth-order valence-electron chi connectivity index (χ4n) is 0.755. The van der Waals surface area contributed by atoms with Crippen molar-refractivity contribution in [2.75, 3.05) is 0 Å². The summed E-state index contributed by atoms with van der Waals surface area (Å²) in [5.74, 6) is -1.19. The Bertz CT molecular complexity index is 261. The molecule has 0 heterocycles. The van der Waals surface area contributed by atoms with Gasteiger partial charge in [0.2, 0.25) is 0 Å². The van der Waals surface area contributed by atoms with Gasteiger partial charge in [0.15, 0.2) is 0 Å². The highest BCUT2D eigenvalue weighted by molar-refractivity contribution is 5.71. The predicted octanol–water partition coefficient (Wildman–Crippen LogP) is 2.12. The average Bonchev–Trinajstić information content (AvgIpc) is 2.17. The normalized spacial score (nSPS) is 14.7. The van der Waals surface area contributed by atoms with E-state index in [4.69, 9.17) is 10.2 Å². The van der Waals surface area contributed by atoms with Crippen LogP contribution in [0.4, 0.5) is 0 Å². The highest BCUT2D eigenvalue weighted by atomic mass is 16.4. The molecule has 0 aromatic heterocycles. The Kier molecular flexibility index (Phi) is 9.61. The van der Waals surface area contributed by atoms with Gasteiger partial charge in [-0.3, -0.25) is 0 Å². The summed E-state index contributed by atoms with van der Waals surface area (Å²) >= 11 is 0.